The molecule has 0 saturated carbocycles. The van der Waals surface area contributed by atoms with Gasteiger partial charge in [0.1, 0.15) is 6.04 Å². The monoisotopic (exact) mass is 374 g/mol. The Morgan fingerprint density at radius 3 is 2.47 bits per heavy atom. The molecular formula is C13H15IN2O3. The first kappa shape index (κ1) is 15.5. The number of rotatable bonds is 5. The van der Waals surface area contributed by atoms with Gasteiger partial charge in [-0.05, 0) is 47.2 Å². The first-order chi connectivity index (χ1) is 8.88. The SMILES string of the molecule is C=C(C)OC(=O)N[C@@H](Cc1ccc(I)cc1)C(N)=O. The van der Waals surface area contributed by atoms with Crippen LogP contribution in [0.1, 0.15) is 12.5 Å². The van der Waals surface area contributed by atoms with Gasteiger partial charge in [0.05, 0.1) is 5.76 Å². The maximum Gasteiger partial charge on any atom is 0.412 e. The maximum atomic E-state index is 11.4. The molecule has 0 aromatic heterocycles. The predicted molar refractivity (Wildman–Crippen MR) is 80.3 cm³/mol. The number of alkyl carbamates (subject to hydrolysis) is 1. The number of allylic oxidation sites excluding steroid dienone is 1. The molecule has 5 nitrogen and oxygen atoms in total. The molecule has 19 heavy (non-hydrogen) atoms. The summed E-state index contributed by atoms with van der Waals surface area (Å²) in [5.74, 6) is -0.368. The Morgan fingerprint density at radius 1 is 1.42 bits per heavy atom. The van der Waals surface area contributed by atoms with E-state index < -0.39 is 18.0 Å². The largest absolute Gasteiger partial charge is 0.416 e. The molecule has 0 aliphatic carbocycles. The number of benzene rings is 1. The number of carbonyl (C=O) groups is 2. The maximum absolute atomic E-state index is 11.4. The number of carbonyl (C=O) groups excluding carboxylic acids is 2. The van der Waals surface area contributed by atoms with Crippen molar-refractivity contribution in [2.75, 3.05) is 0 Å². The molecule has 0 aliphatic rings. The van der Waals surface area contributed by atoms with Crippen molar-refractivity contribution >= 4 is 34.6 Å². The number of primary amides is 1. The van der Waals surface area contributed by atoms with E-state index in [1.54, 1.807) is 0 Å². The van der Waals surface area contributed by atoms with E-state index in [0.29, 0.717) is 6.42 Å². The molecule has 0 saturated heterocycles. The van der Waals surface area contributed by atoms with Crippen LogP contribution in [-0.2, 0) is 16.0 Å². The van der Waals surface area contributed by atoms with Crippen LogP contribution in [0.4, 0.5) is 4.79 Å². The second-order valence-electron chi connectivity index (χ2n) is 4.02. The van der Waals surface area contributed by atoms with Gasteiger partial charge in [-0.1, -0.05) is 18.7 Å². The average molecular weight is 374 g/mol. The molecule has 0 radical (unpaired) electrons. The van der Waals surface area contributed by atoms with E-state index in [-0.39, 0.29) is 5.76 Å². The summed E-state index contributed by atoms with van der Waals surface area (Å²) < 4.78 is 5.82. The van der Waals surface area contributed by atoms with Gasteiger partial charge < -0.3 is 15.8 Å². The van der Waals surface area contributed by atoms with Gasteiger partial charge in [0, 0.05) is 9.99 Å². The Labute approximate surface area is 125 Å². The number of ether oxygens (including phenoxy) is 1. The van der Waals surface area contributed by atoms with Crippen LogP contribution in [-0.4, -0.2) is 18.0 Å². The summed E-state index contributed by atoms with van der Waals surface area (Å²) in [6.45, 7) is 4.98. The molecule has 1 aromatic rings. The van der Waals surface area contributed by atoms with Crippen LogP contribution in [0, 0.1) is 3.57 Å². The number of nitrogens with one attached hydrogen (secondary N) is 1. The average Bonchev–Trinajstić information content (AvgIpc) is 2.29. The van der Waals surface area contributed by atoms with Gasteiger partial charge in [0.25, 0.3) is 0 Å². The molecule has 6 heteroatoms. The van der Waals surface area contributed by atoms with Crippen molar-refractivity contribution in [2.24, 2.45) is 5.73 Å². The van der Waals surface area contributed by atoms with Crippen molar-refractivity contribution in [3.8, 4) is 0 Å². The normalized spacial score (nSPS) is 11.5. The predicted octanol–water partition coefficient (Wildman–Crippen LogP) is 1.95. The third-order valence-electron chi connectivity index (χ3n) is 2.26. The van der Waals surface area contributed by atoms with Crippen molar-refractivity contribution in [2.45, 2.75) is 19.4 Å². The second kappa shape index (κ2) is 7.13. The highest BCUT2D eigenvalue weighted by molar-refractivity contribution is 14.1. The van der Waals surface area contributed by atoms with Crippen molar-refractivity contribution in [1.29, 1.82) is 0 Å². The van der Waals surface area contributed by atoms with Gasteiger partial charge in [-0.3, -0.25) is 4.79 Å². The lowest BCUT2D eigenvalue weighted by Crippen LogP contribution is -2.45. The molecule has 2 amide bonds. The zero-order valence-corrected chi connectivity index (χ0v) is 12.6. The Hall–Kier alpha value is -1.57. The molecule has 0 fully saturated rings. The van der Waals surface area contributed by atoms with Crippen LogP contribution in [0.25, 0.3) is 0 Å². The summed E-state index contributed by atoms with van der Waals surface area (Å²) in [6, 6.07) is 6.78. The number of amides is 2. The third-order valence-corrected chi connectivity index (χ3v) is 2.97. The second-order valence-corrected chi connectivity index (χ2v) is 5.27. The van der Waals surface area contributed by atoms with E-state index in [1.165, 1.54) is 6.92 Å². The fourth-order valence-corrected chi connectivity index (χ4v) is 1.77. The fourth-order valence-electron chi connectivity index (χ4n) is 1.41. The van der Waals surface area contributed by atoms with Gasteiger partial charge in [-0.25, -0.2) is 4.79 Å². The lowest BCUT2D eigenvalue weighted by molar-refractivity contribution is -0.119. The van der Waals surface area contributed by atoms with Gasteiger partial charge in [0.15, 0.2) is 0 Å². The molecule has 0 bridgehead atoms. The Balaban J connectivity index is 2.68. The highest BCUT2D eigenvalue weighted by Gasteiger charge is 2.19. The minimum absolute atomic E-state index is 0.245. The van der Waals surface area contributed by atoms with E-state index in [1.807, 2.05) is 24.3 Å². The van der Waals surface area contributed by atoms with E-state index in [4.69, 9.17) is 10.5 Å². The Kier molecular flexibility index (Phi) is 5.81. The first-order valence-corrected chi connectivity index (χ1v) is 6.64. The first-order valence-electron chi connectivity index (χ1n) is 5.56. The zero-order valence-electron chi connectivity index (χ0n) is 10.5. The quantitative estimate of drug-likeness (QED) is 0.611. The van der Waals surface area contributed by atoms with E-state index >= 15 is 0 Å². The summed E-state index contributed by atoms with van der Waals surface area (Å²) in [6.07, 6.45) is -0.417. The van der Waals surface area contributed by atoms with Gasteiger partial charge in [-0.15, -0.1) is 0 Å². The number of nitrogens with two attached hydrogens (primary N) is 1. The highest BCUT2D eigenvalue weighted by Crippen LogP contribution is 2.09. The number of hydrogen-bond acceptors (Lipinski definition) is 3. The van der Waals surface area contributed by atoms with Gasteiger partial charge in [0.2, 0.25) is 5.91 Å². The summed E-state index contributed by atoms with van der Waals surface area (Å²) in [4.78, 5) is 22.7. The molecular weight excluding hydrogens is 359 g/mol. The van der Waals surface area contributed by atoms with E-state index in [0.717, 1.165) is 9.13 Å². The van der Waals surface area contributed by atoms with Crippen LogP contribution >= 0.6 is 22.6 Å². The molecule has 1 aromatic carbocycles. The third kappa shape index (κ3) is 5.73. The van der Waals surface area contributed by atoms with Crippen LogP contribution in [0.2, 0.25) is 0 Å². The molecule has 1 atom stereocenters. The molecule has 0 spiro atoms. The Morgan fingerprint density at radius 2 is 2.00 bits per heavy atom. The molecule has 0 unspecified atom stereocenters. The molecule has 1 rings (SSSR count). The van der Waals surface area contributed by atoms with Crippen LogP contribution in [0.15, 0.2) is 36.6 Å². The minimum Gasteiger partial charge on any atom is -0.416 e. The summed E-state index contributed by atoms with van der Waals surface area (Å²) in [5.41, 5.74) is 6.16. The summed E-state index contributed by atoms with van der Waals surface area (Å²) in [7, 11) is 0. The number of hydrogen-bond donors (Lipinski definition) is 2. The summed E-state index contributed by atoms with van der Waals surface area (Å²) in [5, 5.41) is 2.41. The fraction of sp³-hybridized carbons (Fsp3) is 0.231. The lowest BCUT2D eigenvalue weighted by atomic mass is 10.1. The van der Waals surface area contributed by atoms with Crippen molar-refractivity contribution in [1.82, 2.24) is 5.32 Å². The number of halogens is 1. The van der Waals surface area contributed by atoms with Crippen molar-refractivity contribution < 1.29 is 14.3 Å². The molecule has 3 N–H and O–H groups in total. The van der Waals surface area contributed by atoms with Crippen LogP contribution in [0.5, 0.6) is 0 Å². The zero-order chi connectivity index (χ0) is 14.4. The smallest absolute Gasteiger partial charge is 0.412 e. The standard InChI is InChI=1S/C13H15IN2O3/c1-8(2)19-13(18)16-11(12(15)17)7-9-3-5-10(14)6-4-9/h3-6,11H,1,7H2,2H3,(H2,15,17)(H,16,18)/t11-/m0/s1. The summed E-state index contributed by atoms with van der Waals surface area (Å²) >= 11 is 2.19. The van der Waals surface area contributed by atoms with Crippen LogP contribution in [0.3, 0.4) is 0 Å². The molecule has 102 valence electrons. The Bertz CT molecular complexity index is 485. The lowest BCUT2D eigenvalue weighted by Gasteiger charge is -2.15. The molecule has 0 aliphatic heterocycles. The van der Waals surface area contributed by atoms with E-state index in [2.05, 4.69) is 34.5 Å². The van der Waals surface area contributed by atoms with Gasteiger partial charge >= 0.3 is 6.09 Å². The van der Waals surface area contributed by atoms with Crippen molar-refractivity contribution in [3.63, 3.8) is 0 Å². The van der Waals surface area contributed by atoms with Gasteiger partial charge in [-0.2, -0.15) is 0 Å². The molecule has 0 heterocycles. The minimum atomic E-state index is -0.813. The van der Waals surface area contributed by atoms with Crippen molar-refractivity contribution in [3.05, 3.63) is 45.7 Å². The van der Waals surface area contributed by atoms with E-state index in [9.17, 15) is 9.59 Å². The highest BCUT2D eigenvalue weighted by atomic mass is 127. The topological polar surface area (TPSA) is 81.4 Å². The van der Waals surface area contributed by atoms with Crippen LogP contribution < -0.4 is 11.1 Å².